The van der Waals surface area contributed by atoms with Crippen molar-refractivity contribution >= 4 is 43.4 Å². The Balaban J connectivity index is 1.33. The molecule has 6 heteroatoms. The number of hydrogen-bond acceptors (Lipinski definition) is 6. The van der Waals surface area contributed by atoms with Crippen LogP contribution in [0.5, 0.6) is 0 Å². The van der Waals surface area contributed by atoms with Gasteiger partial charge in [0.25, 0.3) is 0 Å². The van der Waals surface area contributed by atoms with Crippen LogP contribution in [-0.2, 0) is 0 Å². The first-order valence-electron chi connectivity index (χ1n) is 17.2. The van der Waals surface area contributed by atoms with Gasteiger partial charge in [0.15, 0.2) is 17.5 Å². The van der Waals surface area contributed by atoms with Gasteiger partial charge in [-0.25, -0.2) is 15.0 Å². The van der Waals surface area contributed by atoms with Crippen molar-refractivity contribution in [1.29, 1.82) is 0 Å². The minimum absolute atomic E-state index is 0.559. The van der Waals surface area contributed by atoms with Crippen molar-refractivity contribution in [1.82, 2.24) is 29.9 Å². The van der Waals surface area contributed by atoms with Gasteiger partial charge in [-0.05, 0) is 98.4 Å². The fraction of sp³-hybridized carbons (Fsp3) is 0. The Morgan fingerprint density at radius 2 is 0.788 bits per heavy atom. The maximum atomic E-state index is 5.15. The molecule has 0 aliphatic rings. The molecule has 0 amide bonds. The molecule has 242 valence electrons. The molecular weight excluding hydrogens is 637 g/mol. The molecule has 4 aromatic heterocycles. The smallest absolute Gasteiger partial charge is 0.165 e. The van der Waals surface area contributed by atoms with Crippen LogP contribution in [0.4, 0.5) is 0 Å². The van der Waals surface area contributed by atoms with Crippen molar-refractivity contribution in [2.75, 3.05) is 0 Å². The lowest BCUT2D eigenvalue weighted by atomic mass is 9.88. The maximum Gasteiger partial charge on any atom is 0.165 e. The van der Waals surface area contributed by atoms with E-state index in [4.69, 9.17) is 24.9 Å². The zero-order chi connectivity index (χ0) is 34.4. The summed E-state index contributed by atoms with van der Waals surface area (Å²) in [6.07, 6.45) is 7.26. The van der Waals surface area contributed by atoms with E-state index < -0.39 is 0 Å². The highest BCUT2D eigenvalue weighted by atomic mass is 15.0. The largest absolute Gasteiger partial charge is 0.264 e. The number of pyridine rings is 3. The highest BCUT2D eigenvalue weighted by molar-refractivity contribution is 6.15. The molecule has 0 aliphatic heterocycles. The molecule has 0 saturated heterocycles. The second-order valence-electron chi connectivity index (χ2n) is 12.8. The molecule has 0 fully saturated rings. The van der Waals surface area contributed by atoms with Gasteiger partial charge in [0.1, 0.15) is 0 Å². The average molecular weight is 665 g/mol. The number of aromatic nitrogens is 6. The summed E-state index contributed by atoms with van der Waals surface area (Å²) in [4.78, 5) is 29.2. The van der Waals surface area contributed by atoms with Gasteiger partial charge in [-0.15, -0.1) is 0 Å². The van der Waals surface area contributed by atoms with Crippen LogP contribution in [0, 0.1) is 0 Å². The first-order chi connectivity index (χ1) is 25.8. The number of nitrogens with zero attached hydrogens (tertiary/aromatic N) is 6. The van der Waals surface area contributed by atoms with E-state index in [9.17, 15) is 0 Å². The fourth-order valence-electron chi connectivity index (χ4n) is 7.29. The van der Waals surface area contributed by atoms with E-state index >= 15 is 0 Å². The van der Waals surface area contributed by atoms with Gasteiger partial charge in [0.05, 0.1) is 11.0 Å². The lowest BCUT2D eigenvalue weighted by Crippen LogP contribution is -2.01. The van der Waals surface area contributed by atoms with Crippen LogP contribution >= 0.6 is 0 Å². The summed E-state index contributed by atoms with van der Waals surface area (Å²) in [7, 11) is 0. The van der Waals surface area contributed by atoms with Gasteiger partial charge in [0, 0.05) is 52.3 Å². The van der Waals surface area contributed by atoms with Crippen molar-refractivity contribution < 1.29 is 0 Å². The van der Waals surface area contributed by atoms with Crippen molar-refractivity contribution in [2.24, 2.45) is 0 Å². The third-order valence-corrected chi connectivity index (χ3v) is 9.62. The van der Waals surface area contributed by atoms with Gasteiger partial charge in [-0.1, -0.05) is 91.0 Å². The highest BCUT2D eigenvalue weighted by Gasteiger charge is 2.19. The van der Waals surface area contributed by atoms with Crippen molar-refractivity contribution in [2.45, 2.75) is 0 Å². The quantitative estimate of drug-likeness (QED) is 0.170. The first-order valence-corrected chi connectivity index (χ1v) is 17.2. The maximum absolute atomic E-state index is 5.15. The summed E-state index contributed by atoms with van der Waals surface area (Å²) in [5.74, 6) is 1.72. The highest BCUT2D eigenvalue weighted by Crippen LogP contribution is 2.43. The molecule has 10 aromatic rings. The van der Waals surface area contributed by atoms with Crippen molar-refractivity contribution in [3.8, 4) is 56.4 Å². The summed E-state index contributed by atoms with van der Waals surface area (Å²) >= 11 is 0. The van der Waals surface area contributed by atoms with E-state index in [1.165, 1.54) is 0 Å². The number of rotatable bonds is 5. The number of hydrogen-bond donors (Lipinski definition) is 0. The van der Waals surface area contributed by atoms with E-state index in [0.29, 0.717) is 17.5 Å². The Bertz CT molecular complexity index is 2660. The average Bonchev–Trinajstić information content (AvgIpc) is 3.22. The lowest BCUT2D eigenvalue weighted by molar-refractivity contribution is 1.07. The van der Waals surface area contributed by atoms with Crippen molar-refractivity contribution in [3.05, 3.63) is 170 Å². The van der Waals surface area contributed by atoms with Crippen LogP contribution in [0.1, 0.15) is 0 Å². The van der Waals surface area contributed by atoms with Gasteiger partial charge in [-0.2, -0.15) is 0 Å². The molecule has 0 N–H and O–H groups in total. The van der Waals surface area contributed by atoms with Crippen molar-refractivity contribution in [3.63, 3.8) is 0 Å². The number of fused-ring (bicyclic) bond motifs is 4. The molecule has 6 aromatic carbocycles. The Kier molecular flexibility index (Phi) is 7.03. The molecule has 4 heterocycles. The van der Waals surface area contributed by atoms with Crippen LogP contribution in [0.2, 0.25) is 0 Å². The van der Waals surface area contributed by atoms with E-state index in [0.717, 1.165) is 82.3 Å². The SMILES string of the molecule is c1ccc(-c2nc(-c3cccnc3)nc(-c3cc(-c4c5ccccc5cc5ncccc45)cc(-c4c5ccccc5cc5ncccc45)c3)n2)cc1. The van der Waals surface area contributed by atoms with Gasteiger partial charge in [-0.3, -0.25) is 15.0 Å². The molecule has 0 atom stereocenters. The standard InChI is InChI=1S/C46H28N6/c1-2-11-29(12-3-1)44-50-45(32-15-8-20-47-28-32)52-46(51-44)35-24-33(42-36-16-6-4-13-30(36)26-40-38(42)18-9-21-48-40)23-34(25-35)43-37-17-7-5-14-31(37)27-41-39(43)19-10-22-49-41/h1-28H. The van der Waals surface area contributed by atoms with E-state index in [2.05, 4.69) is 96.0 Å². The second kappa shape index (κ2) is 12.3. The molecule has 0 radical (unpaired) electrons. The Labute approximate surface area is 299 Å². The Morgan fingerprint density at radius 3 is 1.37 bits per heavy atom. The molecular formula is C46H28N6. The molecule has 0 unspecified atom stereocenters. The summed E-state index contributed by atoms with van der Waals surface area (Å²) in [5.41, 5.74) is 8.76. The van der Waals surface area contributed by atoms with Crippen LogP contribution in [-0.4, -0.2) is 29.9 Å². The summed E-state index contributed by atoms with van der Waals surface area (Å²) in [6, 6.07) is 50.4. The monoisotopic (exact) mass is 664 g/mol. The van der Waals surface area contributed by atoms with Crippen LogP contribution in [0.3, 0.4) is 0 Å². The summed E-state index contributed by atoms with van der Waals surface area (Å²) < 4.78 is 0. The zero-order valence-electron chi connectivity index (χ0n) is 27.8. The minimum atomic E-state index is 0.559. The summed E-state index contributed by atoms with van der Waals surface area (Å²) in [6.45, 7) is 0. The second-order valence-corrected chi connectivity index (χ2v) is 12.8. The third-order valence-electron chi connectivity index (χ3n) is 9.62. The Morgan fingerprint density at radius 1 is 0.327 bits per heavy atom. The minimum Gasteiger partial charge on any atom is -0.264 e. The Hall–Kier alpha value is -7.18. The van der Waals surface area contributed by atoms with Gasteiger partial charge >= 0.3 is 0 Å². The van der Waals surface area contributed by atoms with E-state index in [1.54, 1.807) is 12.4 Å². The predicted octanol–water partition coefficient (Wildman–Crippen LogP) is 11.0. The third kappa shape index (κ3) is 5.13. The topological polar surface area (TPSA) is 77.3 Å². The van der Waals surface area contributed by atoms with E-state index in [-0.39, 0.29) is 0 Å². The molecule has 10 rings (SSSR count). The molecule has 0 spiro atoms. The van der Waals surface area contributed by atoms with Crippen LogP contribution in [0.25, 0.3) is 99.8 Å². The van der Waals surface area contributed by atoms with Crippen LogP contribution < -0.4 is 0 Å². The molecule has 0 aliphatic carbocycles. The zero-order valence-corrected chi connectivity index (χ0v) is 27.8. The molecule has 6 nitrogen and oxygen atoms in total. The molecule has 52 heavy (non-hydrogen) atoms. The predicted molar refractivity (Wildman–Crippen MR) is 210 cm³/mol. The first kappa shape index (κ1) is 29.7. The lowest BCUT2D eigenvalue weighted by Gasteiger charge is -2.17. The van der Waals surface area contributed by atoms with Gasteiger partial charge in [0.2, 0.25) is 0 Å². The summed E-state index contributed by atoms with van der Waals surface area (Å²) in [5, 5.41) is 6.69. The van der Waals surface area contributed by atoms with E-state index in [1.807, 2.05) is 67.0 Å². The molecule has 0 bridgehead atoms. The normalized spacial score (nSPS) is 11.5. The number of benzene rings is 6. The van der Waals surface area contributed by atoms with Crippen LogP contribution in [0.15, 0.2) is 170 Å². The molecule has 0 saturated carbocycles. The fourth-order valence-corrected chi connectivity index (χ4v) is 7.29. The van der Waals surface area contributed by atoms with Gasteiger partial charge < -0.3 is 0 Å².